The van der Waals surface area contributed by atoms with Crippen molar-refractivity contribution in [3.05, 3.63) is 36.7 Å². The molecule has 0 aliphatic carbocycles. The van der Waals surface area contributed by atoms with Gasteiger partial charge >= 0.3 is 5.97 Å². The zero-order valence-corrected chi connectivity index (χ0v) is 7.74. The number of pyridine rings is 1. The van der Waals surface area contributed by atoms with Crippen molar-refractivity contribution >= 4 is 12.0 Å². The van der Waals surface area contributed by atoms with E-state index in [9.17, 15) is 4.79 Å². The number of halogens is 1. The topological polar surface area (TPSA) is 41.2 Å². The van der Waals surface area contributed by atoms with Crippen molar-refractivity contribution in [2.24, 2.45) is 0 Å². The summed E-state index contributed by atoms with van der Waals surface area (Å²) in [5.74, 6) is -0.841. The van der Waals surface area contributed by atoms with Gasteiger partial charge in [0.1, 0.15) is 0 Å². The molecule has 1 aromatic heterocycles. The first-order valence-electron chi connectivity index (χ1n) is 3.55. The Bertz CT molecular complexity index is 295. The highest BCUT2D eigenvalue weighted by atomic mass is 35.5. The molecule has 0 aliphatic heterocycles. The largest absolute Gasteiger partial charge is 1.00 e. The molecule has 13 heavy (non-hydrogen) atoms. The molecule has 0 fully saturated rings. The third-order valence-corrected chi connectivity index (χ3v) is 1.47. The zero-order valence-electron chi connectivity index (χ0n) is 6.98. The Balaban J connectivity index is 0.00000144. The fourth-order valence-corrected chi connectivity index (χ4v) is 0.867. The van der Waals surface area contributed by atoms with E-state index in [2.05, 4.69) is 6.58 Å². The summed E-state index contributed by atoms with van der Waals surface area (Å²) in [7, 11) is 0. The average Bonchev–Trinajstić information content (AvgIpc) is 2.05. The molecule has 0 aliphatic rings. The molecule has 70 valence electrons. The van der Waals surface area contributed by atoms with Crippen molar-refractivity contribution in [1.29, 1.82) is 0 Å². The molecule has 1 aromatic rings. The van der Waals surface area contributed by atoms with E-state index < -0.39 is 5.97 Å². The predicted molar refractivity (Wildman–Crippen MR) is 44.4 cm³/mol. The van der Waals surface area contributed by atoms with Crippen LogP contribution in [0.3, 0.4) is 0 Å². The summed E-state index contributed by atoms with van der Waals surface area (Å²) >= 11 is 0. The molecule has 4 heteroatoms. The molecule has 1 N–H and O–H groups in total. The lowest BCUT2D eigenvalue weighted by atomic mass is 10.3. The molecular formula is C9H10ClNO2. The lowest BCUT2D eigenvalue weighted by molar-refractivity contribution is -0.685. The molecule has 0 aromatic carbocycles. The van der Waals surface area contributed by atoms with Crippen LogP contribution < -0.4 is 17.0 Å². The van der Waals surface area contributed by atoms with Gasteiger partial charge in [-0.1, -0.05) is 12.7 Å². The third kappa shape index (κ3) is 3.71. The van der Waals surface area contributed by atoms with Crippen molar-refractivity contribution < 1.29 is 26.9 Å². The number of carboxylic acid groups (broad SMARTS) is 1. The van der Waals surface area contributed by atoms with Crippen LogP contribution in [0.2, 0.25) is 0 Å². The Morgan fingerprint density at radius 2 is 2.08 bits per heavy atom. The molecular weight excluding hydrogens is 190 g/mol. The van der Waals surface area contributed by atoms with E-state index >= 15 is 0 Å². The molecule has 0 saturated carbocycles. The SMILES string of the molecule is C=Cc1cc[n+](CC(=O)O)cc1.[Cl-]. The van der Waals surface area contributed by atoms with Gasteiger partial charge in [-0.3, -0.25) is 0 Å². The Kier molecular flexibility index (Phi) is 4.77. The highest BCUT2D eigenvalue weighted by molar-refractivity contribution is 5.64. The second-order valence-electron chi connectivity index (χ2n) is 2.40. The Labute approximate surface area is 82.7 Å². The van der Waals surface area contributed by atoms with Crippen LogP contribution in [0.1, 0.15) is 5.56 Å². The van der Waals surface area contributed by atoms with Crippen LogP contribution in [-0.4, -0.2) is 11.1 Å². The number of rotatable bonds is 3. The predicted octanol–water partition coefficient (Wildman–Crippen LogP) is -2.29. The van der Waals surface area contributed by atoms with Gasteiger partial charge in [0.25, 0.3) is 0 Å². The highest BCUT2D eigenvalue weighted by Gasteiger charge is 2.04. The van der Waals surface area contributed by atoms with E-state index in [1.165, 1.54) is 0 Å². The molecule has 1 rings (SSSR count). The van der Waals surface area contributed by atoms with E-state index in [1.807, 2.05) is 12.1 Å². The lowest BCUT2D eigenvalue weighted by Gasteiger charge is -1.92. The summed E-state index contributed by atoms with van der Waals surface area (Å²) in [4.78, 5) is 10.3. The van der Waals surface area contributed by atoms with E-state index in [0.717, 1.165) is 5.56 Å². The van der Waals surface area contributed by atoms with Crippen LogP contribution >= 0.6 is 0 Å². The molecule has 0 amide bonds. The minimum Gasteiger partial charge on any atom is -1.00 e. The molecule has 0 atom stereocenters. The standard InChI is InChI=1S/C9H9NO2.ClH/c1-2-8-3-5-10(6-4-8)7-9(11)12;/h2-6H,1,7H2;1H. The van der Waals surface area contributed by atoms with Gasteiger partial charge in [0, 0.05) is 12.1 Å². The number of hydrogen-bond donors (Lipinski definition) is 1. The maximum Gasteiger partial charge on any atom is 0.370 e. The summed E-state index contributed by atoms with van der Waals surface area (Å²) in [6.07, 6.45) is 5.14. The van der Waals surface area contributed by atoms with Gasteiger partial charge in [-0.05, 0) is 5.56 Å². The number of carboxylic acids is 1. The van der Waals surface area contributed by atoms with Gasteiger partial charge in [0.15, 0.2) is 12.4 Å². The summed E-state index contributed by atoms with van der Waals surface area (Å²) in [6, 6.07) is 3.63. The number of aliphatic carboxylic acids is 1. The van der Waals surface area contributed by atoms with Crippen molar-refractivity contribution in [3.8, 4) is 0 Å². The first-order valence-corrected chi connectivity index (χ1v) is 3.55. The quantitative estimate of drug-likeness (QED) is 0.557. The van der Waals surface area contributed by atoms with Crippen LogP contribution in [-0.2, 0) is 11.3 Å². The Hall–Kier alpha value is -1.35. The third-order valence-electron chi connectivity index (χ3n) is 1.47. The van der Waals surface area contributed by atoms with Gasteiger partial charge in [-0.25, -0.2) is 4.79 Å². The van der Waals surface area contributed by atoms with Gasteiger partial charge in [-0.2, -0.15) is 4.57 Å². The molecule has 0 saturated heterocycles. The number of aromatic nitrogens is 1. The summed E-state index contributed by atoms with van der Waals surface area (Å²) in [5.41, 5.74) is 0.983. The monoisotopic (exact) mass is 199 g/mol. The van der Waals surface area contributed by atoms with E-state index in [0.29, 0.717) is 0 Å². The number of hydrogen-bond acceptors (Lipinski definition) is 1. The first kappa shape index (κ1) is 11.6. The van der Waals surface area contributed by atoms with E-state index in [-0.39, 0.29) is 19.0 Å². The van der Waals surface area contributed by atoms with Crippen molar-refractivity contribution in [2.45, 2.75) is 6.54 Å². The number of carbonyl (C=O) groups is 1. The van der Waals surface area contributed by atoms with Gasteiger partial charge in [0.05, 0.1) is 0 Å². The van der Waals surface area contributed by atoms with Crippen LogP contribution in [0, 0.1) is 0 Å². The molecule has 0 bridgehead atoms. The van der Waals surface area contributed by atoms with Gasteiger partial charge < -0.3 is 17.5 Å². The van der Waals surface area contributed by atoms with Crippen molar-refractivity contribution in [3.63, 3.8) is 0 Å². The molecule has 3 nitrogen and oxygen atoms in total. The zero-order chi connectivity index (χ0) is 8.97. The Morgan fingerprint density at radius 1 is 1.54 bits per heavy atom. The Morgan fingerprint density at radius 3 is 2.46 bits per heavy atom. The molecule has 0 unspecified atom stereocenters. The van der Waals surface area contributed by atoms with Crippen molar-refractivity contribution in [2.75, 3.05) is 0 Å². The second-order valence-corrected chi connectivity index (χ2v) is 2.40. The van der Waals surface area contributed by atoms with E-state index in [4.69, 9.17) is 5.11 Å². The minimum absolute atomic E-state index is 0. The van der Waals surface area contributed by atoms with Crippen molar-refractivity contribution in [1.82, 2.24) is 0 Å². The van der Waals surface area contributed by atoms with Crippen LogP contribution in [0.4, 0.5) is 0 Å². The first-order chi connectivity index (χ1) is 5.72. The van der Waals surface area contributed by atoms with Crippen LogP contribution in [0.5, 0.6) is 0 Å². The van der Waals surface area contributed by atoms with Crippen LogP contribution in [0.25, 0.3) is 6.08 Å². The smallest absolute Gasteiger partial charge is 0.370 e. The number of nitrogens with zero attached hydrogens (tertiary/aromatic N) is 1. The van der Waals surface area contributed by atoms with Gasteiger partial charge in [0.2, 0.25) is 6.54 Å². The summed E-state index contributed by atoms with van der Waals surface area (Å²) in [5, 5.41) is 8.45. The summed E-state index contributed by atoms with van der Waals surface area (Å²) in [6.45, 7) is 3.59. The molecule has 0 radical (unpaired) electrons. The highest BCUT2D eigenvalue weighted by Crippen LogP contribution is 1.94. The normalized spacial score (nSPS) is 8.62. The average molecular weight is 200 g/mol. The fourth-order valence-electron chi connectivity index (χ4n) is 0.867. The second kappa shape index (κ2) is 5.32. The van der Waals surface area contributed by atoms with Crippen LogP contribution in [0.15, 0.2) is 31.1 Å². The fraction of sp³-hybridized carbons (Fsp3) is 0.111. The van der Waals surface area contributed by atoms with E-state index in [1.54, 1.807) is 23.0 Å². The molecule has 1 heterocycles. The minimum atomic E-state index is -0.841. The van der Waals surface area contributed by atoms with Gasteiger partial charge in [-0.15, -0.1) is 0 Å². The molecule has 0 spiro atoms. The summed E-state index contributed by atoms with van der Waals surface area (Å²) < 4.78 is 1.59. The lowest BCUT2D eigenvalue weighted by Crippen LogP contribution is -3.00. The maximum atomic E-state index is 10.3. The maximum absolute atomic E-state index is 10.3.